The minimum atomic E-state index is -3.27. The predicted molar refractivity (Wildman–Crippen MR) is 69.0 cm³/mol. The molecule has 5 nitrogen and oxygen atoms in total. The van der Waals surface area contributed by atoms with Gasteiger partial charge in [-0.1, -0.05) is 0 Å². The third-order valence-electron chi connectivity index (χ3n) is 2.67. The van der Waals surface area contributed by atoms with E-state index in [-0.39, 0.29) is 17.9 Å². The zero-order chi connectivity index (χ0) is 14.0. The summed E-state index contributed by atoms with van der Waals surface area (Å²) in [5.74, 6) is -0.120. The lowest BCUT2D eigenvalue weighted by Gasteiger charge is -2.19. The van der Waals surface area contributed by atoms with Gasteiger partial charge >= 0.3 is 0 Å². The van der Waals surface area contributed by atoms with Gasteiger partial charge in [0, 0.05) is 12.7 Å². The molecule has 0 spiro atoms. The molecule has 0 aliphatic carbocycles. The van der Waals surface area contributed by atoms with Gasteiger partial charge in [-0.05, 0) is 32.9 Å². The van der Waals surface area contributed by atoms with Crippen molar-refractivity contribution < 1.29 is 8.42 Å². The van der Waals surface area contributed by atoms with Crippen molar-refractivity contribution in [2.75, 3.05) is 5.75 Å². The zero-order valence-electron chi connectivity index (χ0n) is 10.7. The summed E-state index contributed by atoms with van der Waals surface area (Å²) < 4.78 is 24.2. The van der Waals surface area contributed by atoms with Crippen LogP contribution in [0.25, 0.3) is 0 Å². The molecule has 1 heterocycles. The molecule has 1 aromatic heterocycles. The SMILES string of the molecule is CC(C)(C)S(=O)(=O)CCn1cccc(C#N)c1=O. The highest BCUT2D eigenvalue weighted by atomic mass is 32.2. The molecule has 0 aliphatic heterocycles. The molecule has 0 aliphatic rings. The number of hydrogen-bond acceptors (Lipinski definition) is 4. The fourth-order valence-electron chi connectivity index (χ4n) is 1.32. The smallest absolute Gasteiger partial charge is 0.268 e. The molecular formula is C12H16N2O3S. The second kappa shape index (κ2) is 4.94. The number of pyridine rings is 1. The van der Waals surface area contributed by atoms with Crippen LogP contribution < -0.4 is 5.56 Å². The van der Waals surface area contributed by atoms with E-state index in [0.29, 0.717) is 0 Å². The largest absolute Gasteiger partial charge is 0.313 e. The Balaban J connectivity index is 2.97. The lowest BCUT2D eigenvalue weighted by atomic mass is 10.3. The Morgan fingerprint density at radius 2 is 2.00 bits per heavy atom. The third-order valence-corrected chi connectivity index (χ3v) is 5.26. The second-order valence-corrected chi connectivity index (χ2v) is 7.83. The minimum Gasteiger partial charge on any atom is -0.313 e. The van der Waals surface area contributed by atoms with Crippen molar-refractivity contribution in [3.8, 4) is 6.07 Å². The van der Waals surface area contributed by atoms with Gasteiger partial charge in [0.15, 0.2) is 9.84 Å². The zero-order valence-corrected chi connectivity index (χ0v) is 11.5. The highest BCUT2D eigenvalue weighted by molar-refractivity contribution is 7.92. The Labute approximate surface area is 107 Å². The maximum Gasteiger partial charge on any atom is 0.268 e. The van der Waals surface area contributed by atoms with Gasteiger partial charge in [-0.2, -0.15) is 5.26 Å². The fraction of sp³-hybridized carbons (Fsp3) is 0.500. The number of nitriles is 1. The Hall–Kier alpha value is -1.61. The van der Waals surface area contributed by atoms with Crippen LogP contribution in [0.2, 0.25) is 0 Å². The van der Waals surface area contributed by atoms with Crippen LogP contribution >= 0.6 is 0 Å². The molecule has 98 valence electrons. The highest BCUT2D eigenvalue weighted by Crippen LogP contribution is 2.15. The van der Waals surface area contributed by atoms with Crippen LogP contribution in [0, 0.1) is 11.3 Å². The molecule has 1 rings (SSSR count). The fourth-order valence-corrected chi connectivity index (χ4v) is 2.37. The maximum atomic E-state index is 11.9. The number of rotatable bonds is 3. The molecule has 6 heteroatoms. The maximum absolute atomic E-state index is 11.9. The second-order valence-electron chi connectivity index (χ2n) is 4.96. The van der Waals surface area contributed by atoms with Crippen LogP contribution in [0.4, 0.5) is 0 Å². The number of aryl methyl sites for hydroxylation is 1. The molecule has 0 aromatic carbocycles. The standard InChI is InChI=1S/C12H16N2O3S/c1-12(2,3)18(16,17)8-7-14-6-4-5-10(9-13)11(14)15/h4-6H,7-8H2,1-3H3. The van der Waals surface area contributed by atoms with Crippen LogP contribution in [-0.2, 0) is 16.4 Å². The summed E-state index contributed by atoms with van der Waals surface area (Å²) in [6, 6.07) is 4.75. The lowest BCUT2D eigenvalue weighted by Crippen LogP contribution is -2.34. The molecule has 0 bridgehead atoms. The topological polar surface area (TPSA) is 79.9 Å². The van der Waals surface area contributed by atoms with E-state index in [1.54, 1.807) is 32.9 Å². The highest BCUT2D eigenvalue weighted by Gasteiger charge is 2.28. The van der Waals surface area contributed by atoms with Crippen LogP contribution in [0.3, 0.4) is 0 Å². The first-order valence-corrected chi connectivity index (χ1v) is 7.16. The molecule has 0 atom stereocenters. The Bertz CT molecular complexity index is 631. The van der Waals surface area contributed by atoms with Gasteiger partial charge in [0.25, 0.3) is 5.56 Å². The molecule has 1 aromatic rings. The molecular weight excluding hydrogens is 252 g/mol. The summed E-state index contributed by atoms with van der Waals surface area (Å²) in [5.41, 5.74) is -0.435. The van der Waals surface area contributed by atoms with Gasteiger partial charge in [0.05, 0.1) is 10.5 Å². The average Bonchev–Trinajstić information content (AvgIpc) is 2.26. The van der Waals surface area contributed by atoms with E-state index in [0.717, 1.165) is 0 Å². The first kappa shape index (κ1) is 14.5. The van der Waals surface area contributed by atoms with Crippen molar-refractivity contribution in [1.82, 2.24) is 4.57 Å². The van der Waals surface area contributed by atoms with E-state index >= 15 is 0 Å². The van der Waals surface area contributed by atoms with Crippen LogP contribution in [0.5, 0.6) is 0 Å². The van der Waals surface area contributed by atoms with Gasteiger partial charge in [0.1, 0.15) is 11.6 Å². The molecule has 0 unspecified atom stereocenters. The average molecular weight is 268 g/mol. The predicted octanol–water partition coefficient (Wildman–Crippen LogP) is 0.933. The number of hydrogen-bond donors (Lipinski definition) is 0. The quantitative estimate of drug-likeness (QED) is 0.817. The van der Waals surface area contributed by atoms with Gasteiger partial charge in [-0.25, -0.2) is 8.42 Å². The van der Waals surface area contributed by atoms with Crippen LogP contribution in [0.15, 0.2) is 23.1 Å². The normalized spacial score (nSPS) is 12.1. The number of nitrogens with zero attached hydrogens (tertiary/aromatic N) is 2. The van der Waals surface area contributed by atoms with Gasteiger partial charge < -0.3 is 4.57 Å². The van der Waals surface area contributed by atoms with E-state index in [1.165, 1.54) is 16.8 Å². The van der Waals surface area contributed by atoms with E-state index in [9.17, 15) is 13.2 Å². The van der Waals surface area contributed by atoms with Crippen LogP contribution in [0.1, 0.15) is 26.3 Å². The summed E-state index contributed by atoms with van der Waals surface area (Å²) in [4.78, 5) is 11.7. The molecule has 0 amide bonds. The summed E-state index contributed by atoms with van der Waals surface area (Å²) >= 11 is 0. The third kappa shape index (κ3) is 2.99. The van der Waals surface area contributed by atoms with Gasteiger partial charge in [-0.15, -0.1) is 0 Å². The van der Waals surface area contributed by atoms with E-state index in [4.69, 9.17) is 5.26 Å². The molecule has 0 N–H and O–H groups in total. The summed E-state index contributed by atoms with van der Waals surface area (Å²) in [7, 11) is -3.27. The number of sulfone groups is 1. The Morgan fingerprint density at radius 1 is 1.39 bits per heavy atom. The Kier molecular flexibility index (Phi) is 3.97. The molecule has 18 heavy (non-hydrogen) atoms. The molecule has 0 saturated carbocycles. The molecule has 0 saturated heterocycles. The van der Waals surface area contributed by atoms with Gasteiger partial charge in [0.2, 0.25) is 0 Å². The van der Waals surface area contributed by atoms with Crippen molar-refractivity contribution >= 4 is 9.84 Å². The van der Waals surface area contributed by atoms with Gasteiger partial charge in [-0.3, -0.25) is 4.79 Å². The summed E-state index contributed by atoms with van der Waals surface area (Å²) in [6.07, 6.45) is 1.49. The van der Waals surface area contributed by atoms with Crippen molar-refractivity contribution in [3.05, 3.63) is 34.2 Å². The first-order chi connectivity index (χ1) is 8.19. The van der Waals surface area contributed by atoms with Crippen molar-refractivity contribution in [3.63, 3.8) is 0 Å². The molecule has 0 fully saturated rings. The van der Waals surface area contributed by atoms with Crippen molar-refractivity contribution in [2.45, 2.75) is 32.1 Å². The first-order valence-electron chi connectivity index (χ1n) is 5.51. The number of aromatic nitrogens is 1. The molecule has 0 radical (unpaired) electrons. The van der Waals surface area contributed by atoms with E-state index in [2.05, 4.69) is 0 Å². The van der Waals surface area contributed by atoms with Crippen molar-refractivity contribution in [1.29, 1.82) is 5.26 Å². The minimum absolute atomic E-state index is 0.0191. The lowest BCUT2D eigenvalue weighted by molar-refractivity contribution is 0.552. The van der Waals surface area contributed by atoms with E-state index in [1.807, 2.05) is 0 Å². The summed E-state index contributed by atoms with van der Waals surface area (Å²) in [6.45, 7) is 4.93. The van der Waals surface area contributed by atoms with Crippen LogP contribution in [-0.4, -0.2) is 23.5 Å². The Morgan fingerprint density at radius 3 is 2.50 bits per heavy atom. The van der Waals surface area contributed by atoms with E-state index < -0.39 is 20.1 Å². The monoisotopic (exact) mass is 268 g/mol. The van der Waals surface area contributed by atoms with Crippen molar-refractivity contribution in [2.24, 2.45) is 0 Å². The summed E-state index contributed by atoms with van der Waals surface area (Å²) in [5, 5.41) is 8.72.